The van der Waals surface area contributed by atoms with Crippen molar-refractivity contribution in [3.05, 3.63) is 0 Å². The Hall–Kier alpha value is -1.31. The highest BCUT2D eigenvalue weighted by Crippen LogP contribution is 2.31. The fourth-order valence-electron chi connectivity index (χ4n) is 0.963. The molecule has 0 aromatic rings. The summed E-state index contributed by atoms with van der Waals surface area (Å²) in [4.78, 5) is 22.3. The Morgan fingerprint density at radius 1 is 1.17 bits per heavy atom. The lowest BCUT2D eigenvalue weighted by Crippen LogP contribution is -2.65. The van der Waals surface area contributed by atoms with Crippen LogP contribution in [-0.4, -0.2) is 34.7 Å². The molecule has 1 amide bonds. The Morgan fingerprint density at radius 3 is 1.78 bits per heavy atom. The minimum atomic E-state index is -5.12. The third-order valence-corrected chi connectivity index (χ3v) is 2.58. The normalized spacial score (nSPS) is 17.8. The average molecular weight is 270 g/mol. The van der Waals surface area contributed by atoms with Crippen LogP contribution in [0.1, 0.15) is 27.7 Å². The van der Waals surface area contributed by atoms with Crippen LogP contribution >= 0.6 is 0 Å². The summed E-state index contributed by atoms with van der Waals surface area (Å²) in [5.41, 5.74) is 1.34. The number of hydrogen-bond donors (Lipinski definition) is 3. The molecule has 106 valence electrons. The third-order valence-electron chi connectivity index (χ3n) is 2.58. The molecule has 4 N–H and O–H groups in total. The lowest BCUT2D eigenvalue weighted by Gasteiger charge is -2.32. The summed E-state index contributed by atoms with van der Waals surface area (Å²) < 4.78 is 37.9. The molecule has 0 radical (unpaired) electrons. The highest BCUT2D eigenvalue weighted by molar-refractivity contribution is 5.90. The predicted molar refractivity (Wildman–Crippen MR) is 57.7 cm³/mol. The molecular formula is C10H17F3N2O3. The molecule has 0 spiro atoms. The first kappa shape index (κ1) is 16.7. The molecule has 2 unspecified atom stereocenters. The molecule has 2 atom stereocenters. The van der Waals surface area contributed by atoms with Gasteiger partial charge in [-0.2, -0.15) is 13.2 Å². The maximum absolute atomic E-state index is 12.6. The predicted octanol–water partition coefficient (Wildman–Crippen LogP) is 0.882. The van der Waals surface area contributed by atoms with Crippen LogP contribution in [0.2, 0.25) is 0 Å². The molecule has 0 saturated carbocycles. The second-order valence-electron chi connectivity index (χ2n) is 5.26. The number of rotatable bonds is 3. The van der Waals surface area contributed by atoms with Gasteiger partial charge in [0.2, 0.25) is 11.4 Å². The number of carboxylic acid groups (broad SMARTS) is 1. The van der Waals surface area contributed by atoms with Crippen LogP contribution in [0.25, 0.3) is 0 Å². The number of carbonyl (C=O) groups is 2. The Morgan fingerprint density at radius 2 is 1.56 bits per heavy atom. The molecule has 0 rings (SSSR count). The van der Waals surface area contributed by atoms with E-state index >= 15 is 0 Å². The fraction of sp³-hybridized carbons (Fsp3) is 0.800. The van der Waals surface area contributed by atoms with E-state index in [1.54, 1.807) is 20.8 Å². The number of aliphatic carboxylic acids is 1. The van der Waals surface area contributed by atoms with E-state index in [1.165, 1.54) is 5.32 Å². The lowest BCUT2D eigenvalue weighted by molar-refractivity contribution is -0.207. The summed E-state index contributed by atoms with van der Waals surface area (Å²) in [7, 11) is 0. The Labute approximate surface area is 103 Å². The number of nitrogens with two attached hydrogens (primary N) is 1. The number of alkyl halides is 3. The van der Waals surface area contributed by atoms with Crippen molar-refractivity contribution in [2.24, 2.45) is 11.1 Å². The summed E-state index contributed by atoms with van der Waals surface area (Å²) in [6.07, 6.45) is -5.12. The first-order chi connectivity index (χ1) is 7.73. The minimum absolute atomic E-state index is 0.378. The Kier molecular flexibility index (Phi) is 4.41. The summed E-state index contributed by atoms with van der Waals surface area (Å²) in [6.45, 7) is 5.05. The molecule has 0 heterocycles. The van der Waals surface area contributed by atoms with Gasteiger partial charge in [0.1, 0.15) is 0 Å². The van der Waals surface area contributed by atoms with Crippen LogP contribution in [0, 0.1) is 5.41 Å². The molecular weight excluding hydrogens is 253 g/mol. The van der Waals surface area contributed by atoms with E-state index in [9.17, 15) is 22.8 Å². The summed E-state index contributed by atoms with van der Waals surface area (Å²) in [5.74, 6) is -3.35. The molecule has 0 bridgehead atoms. The second kappa shape index (κ2) is 4.75. The van der Waals surface area contributed by atoms with Gasteiger partial charge in [0.15, 0.2) is 0 Å². The summed E-state index contributed by atoms with van der Waals surface area (Å²) in [5, 5.41) is 10.1. The first-order valence-electron chi connectivity index (χ1n) is 5.11. The molecule has 0 aliphatic heterocycles. The van der Waals surface area contributed by atoms with Gasteiger partial charge >= 0.3 is 12.1 Å². The molecule has 0 fully saturated rings. The van der Waals surface area contributed by atoms with E-state index < -0.39 is 35.0 Å². The van der Waals surface area contributed by atoms with Crippen LogP contribution in [0.3, 0.4) is 0 Å². The monoisotopic (exact) mass is 270 g/mol. The zero-order chi connectivity index (χ0) is 14.9. The topological polar surface area (TPSA) is 92.4 Å². The van der Waals surface area contributed by atoms with Gasteiger partial charge < -0.3 is 16.2 Å². The number of carbonyl (C=O) groups excluding carboxylic acids is 1. The molecule has 0 aliphatic rings. The molecule has 18 heavy (non-hydrogen) atoms. The lowest BCUT2D eigenvalue weighted by atomic mass is 9.86. The molecule has 5 nitrogen and oxygen atoms in total. The van der Waals surface area contributed by atoms with E-state index in [1.807, 2.05) is 0 Å². The zero-order valence-electron chi connectivity index (χ0n) is 10.6. The third kappa shape index (κ3) is 3.34. The minimum Gasteiger partial charge on any atom is -0.479 e. The van der Waals surface area contributed by atoms with Gasteiger partial charge in [-0.1, -0.05) is 20.8 Å². The van der Waals surface area contributed by atoms with Gasteiger partial charge in [-0.15, -0.1) is 0 Å². The standard InChI is InChI=1S/C10H17F3N2O3/c1-8(2,3)5(14)6(16)15-9(4,7(17)18)10(11,12)13/h5H,14H2,1-4H3,(H,15,16)(H,17,18). The van der Waals surface area contributed by atoms with Gasteiger partial charge in [-0.05, 0) is 12.3 Å². The van der Waals surface area contributed by atoms with E-state index in [2.05, 4.69) is 0 Å². The number of nitrogens with one attached hydrogen (secondary N) is 1. The smallest absolute Gasteiger partial charge is 0.422 e. The van der Waals surface area contributed by atoms with E-state index in [0.717, 1.165) is 0 Å². The summed E-state index contributed by atoms with van der Waals surface area (Å²) >= 11 is 0. The van der Waals surface area contributed by atoms with Crippen LogP contribution in [0.5, 0.6) is 0 Å². The van der Waals surface area contributed by atoms with Crippen molar-refractivity contribution in [1.82, 2.24) is 5.32 Å². The van der Waals surface area contributed by atoms with Gasteiger partial charge in [-0.25, -0.2) is 4.79 Å². The highest BCUT2D eigenvalue weighted by Gasteiger charge is 2.59. The van der Waals surface area contributed by atoms with Gasteiger partial charge in [0, 0.05) is 0 Å². The number of hydrogen-bond acceptors (Lipinski definition) is 3. The largest absolute Gasteiger partial charge is 0.479 e. The van der Waals surface area contributed by atoms with Crippen LogP contribution < -0.4 is 11.1 Å². The average Bonchev–Trinajstić information content (AvgIpc) is 2.12. The van der Waals surface area contributed by atoms with Crippen molar-refractivity contribution in [3.63, 3.8) is 0 Å². The number of carboxylic acids is 1. The van der Waals surface area contributed by atoms with Crippen LogP contribution in [0.15, 0.2) is 0 Å². The van der Waals surface area contributed by atoms with Crippen molar-refractivity contribution in [2.75, 3.05) is 0 Å². The Bertz CT molecular complexity index is 349. The van der Waals surface area contributed by atoms with Crippen molar-refractivity contribution < 1.29 is 27.9 Å². The highest BCUT2D eigenvalue weighted by atomic mass is 19.4. The molecule has 0 saturated heterocycles. The molecule has 0 aromatic heterocycles. The van der Waals surface area contributed by atoms with Crippen molar-refractivity contribution >= 4 is 11.9 Å². The van der Waals surface area contributed by atoms with E-state index in [-0.39, 0.29) is 0 Å². The van der Waals surface area contributed by atoms with Crippen LogP contribution in [-0.2, 0) is 9.59 Å². The maximum atomic E-state index is 12.6. The number of halogens is 3. The maximum Gasteiger partial charge on any atom is 0.422 e. The van der Waals surface area contributed by atoms with Gasteiger partial charge in [0.05, 0.1) is 6.04 Å². The quantitative estimate of drug-likeness (QED) is 0.710. The second-order valence-corrected chi connectivity index (χ2v) is 5.26. The molecule has 0 aromatic carbocycles. The first-order valence-corrected chi connectivity index (χ1v) is 5.11. The van der Waals surface area contributed by atoms with Crippen molar-refractivity contribution in [1.29, 1.82) is 0 Å². The fourth-order valence-corrected chi connectivity index (χ4v) is 0.963. The summed E-state index contributed by atoms with van der Waals surface area (Å²) in [6, 6.07) is -1.25. The Balaban J connectivity index is 5.17. The van der Waals surface area contributed by atoms with E-state index in [0.29, 0.717) is 6.92 Å². The zero-order valence-corrected chi connectivity index (χ0v) is 10.6. The number of amides is 1. The van der Waals surface area contributed by atoms with Crippen molar-refractivity contribution in [3.8, 4) is 0 Å². The van der Waals surface area contributed by atoms with E-state index in [4.69, 9.17) is 10.8 Å². The van der Waals surface area contributed by atoms with Gasteiger partial charge in [-0.3, -0.25) is 4.79 Å². The SMILES string of the molecule is CC(C)(C)C(N)C(=O)NC(C)(C(=O)O)C(F)(F)F. The van der Waals surface area contributed by atoms with Crippen LogP contribution in [0.4, 0.5) is 13.2 Å². The van der Waals surface area contributed by atoms with Gasteiger partial charge in [0.25, 0.3) is 0 Å². The molecule has 0 aliphatic carbocycles. The van der Waals surface area contributed by atoms with Crippen molar-refractivity contribution in [2.45, 2.75) is 45.5 Å². The molecule has 8 heteroatoms.